The molecule has 90 valence electrons. The van der Waals surface area contributed by atoms with Gasteiger partial charge in [-0.2, -0.15) is 18.0 Å². The fraction of sp³-hybridized carbons (Fsp3) is 0.333. The number of pyridine rings is 1. The van der Waals surface area contributed by atoms with Crippen molar-refractivity contribution in [3.63, 3.8) is 0 Å². The van der Waals surface area contributed by atoms with E-state index in [0.29, 0.717) is 5.56 Å². The number of tetrazole rings is 1. The van der Waals surface area contributed by atoms with E-state index in [0.717, 1.165) is 10.9 Å². The molecule has 2 aromatic rings. The number of hydrogen-bond acceptors (Lipinski definition) is 4. The summed E-state index contributed by atoms with van der Waals surface area (Å²) >= 11 is 0. The molecule has 0 aromatic carbocycles. The van der Waals surface area contributed by atoms with E-state index >= 15 is 0 Å². The zero-order valence-electron chi connectivity index (χ0n) is 9.02. The molecule has 2 rings (SSSR count). The third-order valence-electron chi connectivity index (χ3n) is 2.05. The van der Waals surface area contributed by atoms with Crippen LogP contribution in [0.5, 0.6) is 0 Å². The minimum Gasteiger partial charge on any atom is -0.252 e. The van der Waals surface area contributed by atoms with Crippen LogP contribution in [-0.4, -0.2) is 25.2 Å². The van der Waals surface area contributed by atoms with Gasteiger partial charge in [0.15, 0.2) is 0 Å². The molecule has 8 heteroatoms. The van der Waals surface area contributed by atoms with Crippen molar-refractivity contribution in [2.24, 2.45) is 7.05 Å². The lowest BCUT2D eigenvalue weighted by Gasteiger charge is -2.10. The SMILES string of the molecule is Cc1cnc(-c2nnn(C)n2)c(C(F)(F)F)c1. The zero-order chi connectivity index (χ0) is 12.6. The molecule has 5 nitrogen and oxygen atoms in total. The highest BCUT2D eigenvalue weighted by Crippen LogP contribution is 2.34. The van der Waals surface area contributed by atoms with Gasteiger partial charge in [0, 0.05) is 6.20 Å². The predicted octanol–water partition coefficient (Wildman–Crippen LogP) is 1.60. The van der Waals surface area contributed by atoms with E-state index in [4.69, 9.17) is 0 Å². The second-order valence-corrected chi connectivity index (χ2v) is 3.51. The molecule has 0 saturated carbocycles. The summed E-state index contributed by atoms with van der Waals surface area (Å²) in [7, 11) is 1.47. The lowest BCUT2D eigenvalue weighted by Crippen LogP contribution is -2.09. The molecule has 2 aromatic heterocycles. The molecule has 0 aliphatic carbocycles. The van der Waals surface area contributed by atoms with Gasteiger partial charge >= 0.3 is 6.18 Å². The van der Waals surface area contributed by atoms with Crippen LogP contribution in [0.1, 0.15) is 11.1 Å². The summed E-state index contributed by atoms with van der Waals surface area (Å²) in [6.45, 7) is 1.54. The third kappa shape index (κ3) is 2.24. The Labute approximate surface area is 94.3 Å². The molecule has 17 heavy (non-hydrogen) atoms. The summed E-state index contributed by atoms with van der Waals surface area (Å²) in [5.74, 6) is -0.139. The summed E-state index contributed by atoms with van der Waals surface area (Å²) in [5.41, 5.74) is -0.744. The lowest BCUT2D eigenvalue weighted by molar-refractivity contribution is -0.137. The minimum atomic E-state index is -4.49. The first-order valence-corrected chi connectivity index (χ1v) is 4.66. The van der Waals surface area contributed by atoms with E-state index in [9.17, 15) is 13.2 Å². The predicted molar refractivity (Wildman–Crippen MR) is 51.8 cm³/mol. The molecule has 0 aliphatic rings. The quantitative estimate of drug-likeness (QED) is 0.763. The molecule has 0 atom stereocenters. The van der Waals surface area contributed by atoms with Crippen molar-refractivity contribution in [2.75, 3.05) is 0 Å². The van der Waals surface area contributed by atoms with Crippen LogP contribution >= 0.6 is 0 Å². The Morgan fingerprint density at radius 3 is 2.53 bits per heavy atom. The Hall–Kier alpha value is -1.99. The van der Waals surface area contributed by atoms with E-state index < -0.39 is 11.7 Å². The summed E-state index contributed by atoms with van der Waals surface area (Å²) in [4.78, 5) is 4.81. The lowest BCUT2D eigenvalue weighted by atomic mass is 10.1. The highest BCUT2D eigenvalue weighted by atomic mass is 19.4. The van der Waals surface area contributed by atoms with Crippen molar-refractivity contribution in [3.8, 4) is 11.5 Å². The van der Waals surface area contributed by atoms with Gasteiger partial charge in [0.25, 0.3) is 0 Å². The van der Waals surface area contributed by atoms with Crippen LogP contribution in [0.3, 0.4) is 0 Å². The van der Waals surface area contributed by atoms with Crippen molar-refractivity contribution in [1.29, 1.82) is 0 Å². The van der Waals surface area contributed by atoms with E-state index in [-0.39, 0.29) is 11.5 Å². The average molecular weight is 243 g/mol. The Kier molecular flexibility index (Phi) is 2.56. The highest BCUT2D eigenvalue weighted by molar-refractivity contribution is 5.55. The first kappa shape index (κ1) is 11.5. The van der Waals surface area contributed by atoms with E-state index in [1.807, 2.05) is 0 Å². The van der Waals surface area contributed by atoms with Crippen molar-refractivity contribution in [1.82, 2.24) is 25.2 Å². The van der Waals surface area contributed by atoms with Crippen LogP contribution in [0.2, 0.25) is 0 Å². The fourth-order valence-electron chi connectivity index (χ4n) is 1.34. The van der Waals surface area contributed by atoms with Crippen molar-refractivity contribution >= 4 is 0 Å². The number of aryl methyl sites for hydroxylation is 2. The van der Waals surface area contributed by atoms with Gasteiger partial charge in [0.1, 0.15) is 5.69 Å². The Balaban J connectivity index is 2.61. The summed E-state index contributed by atoms with van der Waals surface area (Å²) < 4.78 is 38.4. The summed E-state index contributed by atoms with van der Waals surface area (Å²) in [6.07, 6.45) is -3.16. The van der Waals surface area contributed by atoms with E-state index in [1.165, 1.54) is 20.2 Å². The van der Waals surface area contributed by atoms with Crippen LogP contribution < -0.4 is 0 Å². The van der Waals surface area contributed by atoms with Gasteiger partial charge in [0.05, 0.1) is 12.6 Å². The molecule has 0 bridgehead atoms. The first-order chi connectivity index (χ1) is 7.88. The monoisotopic (exact) mass is 243 g/mol. The molecule has 0 amide bonds. The Bertz CT molecular complexity index is 546. The minimum absolute atomic E-state index is 0.139. The van der Waals surface area contributed by atoms with Crippen LogP contribution in [0.15, 0.2) is 12.3 Å². The molecule has 0 saturated heterocycles. The molecule has 0 fully saturated rings. The van der Waals surface area contributed by atoms with Gasteiger partial charge < -0.3 is 0 Å². The zero-order valence-corrected chi connectivity index (χ0v) is 9.02. The van der Waals surface area contributed by atoms with E-state index in [2.05, 4.69) is 20.4 Å². The maximum absolute atomic E-state index is 12.8. The molecular formula is C9H8F3N5. The molecule has 0 radical (unpaired) electrons. The smallest absolute Gasteiger partial charge is 0.252 e. The van der Waals surface area contributed by atoms with Crippen LogP contribution in [0, 0.1) is 6.92 Å². The standard InChI is InChI=1S/C9H8F3N5/c1-5-3-6(9(10,11)12)7(13-4-5)8-14-16-17(2)15-8/h3-4H,1-2H3. The number of aromatic nitrogens is 5. The fourth-order valence-corrected chi connectivity index (χ4v) is 1.34. The van der Waals surface area contributed by atoms with E-state index in [1.54, 1.807) is 0 Å². The van der Waals surface area contributed by atoms with Crippen LogP contribution in [0.4, 0.5) is 13.2 Å². The number of alkyl halides is 3. The van der Waals surface area contributed by atoms with Gasteiger partial charge in [-0.05, 0) is 23.8 Å². The molecule has 0 unspecified atom stereocenters. The van der Waals surface area contributed by atoms with Crippen molar-refractivity contribution < 1.29 is 13.2 Å². The number of hydrogen-bond donors (Lipinski definition) is 0. The second-order valence-electron chi connectivity index (χ2n) is 3.51. The Morgan fingerprint density at radius 1 is 1.29 bits per heavy atom. The maximum atomic E-state index is 12.8. The number of nitrogens with zero attached hydrogens (tertiary/aromatic N) is 5. The molecular weight excluding hydrogens is 235 g/mol. The van der Waals surface area contributed by atoms with Gasteiger partial charge in [-0.15, -0.1) is 10.2 Å². The number of halogens is 3. The highest BCUT2D eigenvalue weighted by Gasteiger charge is 2.35. The number of rotatable bonds is 1. The molecule has 0 aliphatic heterocycles. The van der Waals surface area contributed by atoms with Gasteiger partial charge in [-0.1, -0.05) is 0 Å². The molecule has 0 spiro atoms. The molecule has 0 N–H and O–H groups in total. The van der Waals surface area contributed by atoms with Gasteiger partial charge in [-0.3, -0.25) is 4.98 Å². The van der Waals surface area contributed by atoms with Crippen LogP contribution in [-0.2, 0) is 13.2 Å². The maximum Gasteiger partial charge on any atom is 0.418 e. The third-order valence-corrected chi connectivity index (χ3v) is 2.05. The average Bonchev–Trinajstić information content (AvgIpc) is 2.63. The largest absolute Gasteiger partial charge is 0.418 e. The normalized spacial score (nSPS) is 11.8. The van der Waals surface area contributed by atoms with Gasteiger partial charge in [0.2, 0.25) is 5.82 Å². The summed E-state index contributed by atoms with van der Waals surface area (Å²) in [5, 5.41) is 10.7. The van der Waals surface area contributed by atoms with Crippen LogP contribution in [0.25, 0.3) is 11.5 Å². The van der Waals surface area contributed by atoms with Crippen molar-refractivity contribution in [2.45, 2.75) is 13.1 Å². The molecule has 2 heterocycles. The summed E-state index contributed by atoms with van der Waals surface area (Å²) in [6, 6.07) is 1.01. The first-order valence-electron chi connectivity index (χ1n) is 4.66. The van der Waals surface area contributed by atoms with Crippen molar-refractivity contribution in [3.05, 3.63) is 23.4 Å². The Morgan fingerprint density at radius 2 is 2.00 bits per heavy atom. The topological polar surface area (TPSA) is 56.5 Å². The second kappa shape index (κ2) is 3.79. The van der Waals surface area contributed by atoms with Gasteiger partial charge in [-0.25, -0.2) is 0 Å².